The second-order valence-electron chi connectivity index (χ2n) is 4.51. The predicted octanol–water partition coefficient (Wildman–Crippen LogP) is 3.00. The fourth-order valence-electron chi connectivity index (χ4n) is 1.95. The van der Waals surface area contributed by atoms with Gasteiger partial charge in [-0.2, -0.15) is 5.26 Å². The number of hydrogen-bond donors (Lipinski definition) is 2. The molecule has 2 N–H and O–H groups in total. The van der Waals surface area contributed by atoms with Gasteiger partial charge in [0, 0.05) is 5.56 Å². The Balaban J connectivity index is 2.25. The average molecular weight is 323 g/mol. The van der Waals surface area contributed by atoms with Crippen LogP contribution in [0.5, 0.6) is 5.75 Å². The van der Waals surface area contributed by atoms with Gasteiger partial charge in [-0.1, -0.05) is 18.2 Å². The van der Waals surface area contributed by atoms with E-state index in [1.807, 2.05) is 6.07 Å². The van der Waals surface area contributed by atoms with E-state index in [1.165, 1.54) is 30.5 Å². The van der Waals surface area contributed by atoms with Crippen LogP contribution in [0.1, 0.15) is 17.3 Å². The monoisotopic (exact) mass is 323 g/mol. The van der Waals surface area contributed by atoms with Gasteiger partial charge in [0.05, 0.1) is 24.5 Å². The Morgan fingerprint density at radius 2 is 2.00 bits per heavy atom. The highest BCUT2D eigenvalue weighted by Gasteiger charge is 2.32. The molecule has 23 heavy (non-hydrogen) atoms. The van der Waals surface area contributed by atoms with E-state index in [9.17, 15) is 18.3 Å². The highest BCUT2D eigenvalue weighted by atomic mass is 19.4. The zero-order chi connectivity index (χ0) is 16.9. The minimum Gasteiger partial charge on any atom is -0.405 e. The zero-order valence-corrected chi connectivity index (χ0v) is 11.7. The first-order chi connectivity index (χ1) is 10.9. The lowest BCUT2D eigenvalue weighted by Crippen LogP contribution is -2.21. The summed E-state index contributed by atoms with van der Waals surface area (Å²) in [6, 6.07) is 9.56. The average Bonchev–Trinajstić information content (AvgIpc) is 2.52. The zero-order valence-electron chi connectivity index (χ0n) is 11.7. The number of aliphatic hydroxyl groups excluding tert-OH is 1. The molecule has 0 aliphatic rings. The lowest BCUT2D eigenvalue weighted by molar-refractivity contribution is -0.275. The highest BCUT2D eigenvalue weighted by Crippen LogP contribution is 2.31. The highest BCUT2D eigenvalue weighted by molar-refractivity contribution is 5.47. The van der Waals surface area contributed by atoms with Crippen LogP contribution >= 0.6 is 0 Å². The summed E-state index contributed by atoms with van der Waals surface area (Å²) in [6.45, 7) is -0.460. The Kier molecular flexibility index (Phi) is 5.03. The van der Waals surface area contributed by atoms with E-state index in [0.29, 0.717) is 5.69 Å². The number of anilines is 1. The van der Waals surface area contributed by atoms with Gasteiger partial charge in [0.25, 0.3) is 0 Å². The summed E-state index contributed by atoms with van der Waals surface area (Å²) in [7, 11) is 0. The van der Waals surface area contributed by atoms with Gasteiger partial charge in [-0.3, -0.25) is 0 Å². The number of benzene rings is 1. The lowest BCUT2D eigenvalue weighted by atomic mass is 10.1. The van der Waals surface area contributed by atoms with Crippen LogP contribution < -0.4 is 10.1 Å². The third-order valence-corrected chi connectivity index (χ3v) is 2.92. The van der Waals surface area contributed by atoms with Crippen molar-refractivity contribution >= 4 is 5.69 Å². The molecule has 0 spiro atoms. The van der Waals surface area contributed by atoms with Crippen molar-refractivity contribution in [3.63, 3.8) is 0 Å². The van der Waals surface area contributed by atoms with E-state index in [0.717, 1.165) is 0 Å². The minimum absolute atomic E-state index is 0.150. The number of aromatic nitrogens is 1. The van der Waals surface area contributed by atoms with Gasteiger partial charge in [-0.05, 0) is 18.2 Å². The van der Waals surface area contributed by atoms with Crippen LogP contribution in [0.2, 0.25) is 0 Å². The molecule has 0 radical (unpaired) electrons. The van der Waals surface area contributed by atoms with Crippen molar-refractivity contribution in [2.45, 2.75) is 12.4 Å². The third-order valence-electron chi connectivity index (χ3n) is 2.92. The summed E-state index contributed by atoms with van der Waals surface area (Å²) in [5, 5.41) is 21.0. The SMILES string of the molecule is N#Cc1ccc(N[C@@H](CO)c2ccccc2OC(F)(F)F)cn1. The number of pyridine rings is 1. The van der Waals surface area contributed by atoms with Crippen molar-refractivity contribution in [3.8, 4) is 11.8 Å². The minimum atomic E-state index is -4.83. The van der Waals surface area contributed by atoms with Crippen LogP contribution in [0.25, 0.3) is 0 Å². The smallest absolute Gasteiger partial charge is 0.405 e. The normalized spacial score (nSPS) is 12.3. The summed E-state index contributed by atoms with van der Waals surface area (Å²) in [5.41, 5.74) is 0.804. The predicted molar refractivity (Wildman–Crippen MR) is 75.5 cm³/mol. The molecule has 0 unspecified atom stereocenters. The number of nitrogens with zero attached hydrogens (tertiary/aromatic N) is 2. The topological polar surface area (TPSA) is 78.2 Å². The Bertz CT molecular complexity index is 696. The second kappa shape index (κ2) is 6.98. The molecular formula is C15H12F3N3O2. The first-order valence-electron chi connectivity index (χ1n) is 6.51. The molecule has 120 valence electrons. The fraction of sp³-hybridized carbons (Fsp3) is 0.200. The molecule has 8 heteroatoms. The molecule has 2 aromatic rings. The van der Waals surface area contributed by atoms with Crippen molar-refractivity contribution in [2.24, 2.45) is 0 Å². The summed E-state index contributed by atoms with van der Waals surface area (Å²) >= 11 is 0. The Labute approximate surface area is 130 Å². The van der Waals surface area contributed by atoms with Crippen molar-refractivity contribution in [3.05, 3.63) is 53.9 Å². The van der Waals surface area contributed by atoms with E-state index in [1.54, 1.807) is 12.1 Å². The molecule has 1 atom stereocenters. The Morgan fingerprint density at radius 1 is 1.26 bits per heavy atom. The van der Waals surface area contributed by atoms with E-state index in [-0.39, 0.29) is 11.3 Å². The number of halogens is 3. The van der Waals surface area contributed by atoms with E-state index in [4.69, 9.17) is 5.26 Å². The molecule has 0 aliphatic carbocycles. The standard InChI is InChI=1S/C15H12F3N3O2/c16-15(17,18)23-14-4-2-1-3-12(14)13(9-22)21-11-6-5-10(7-19)20-8-11/h1-6,8,13,21-22H,9H2/t13-/m0/s1. The molecule has 0 amide bonds. The summed E-state index contributed by atoms with van der Waals surface area (Å²) in [4.78, 5) is 3.84. The van der Waals surface area contributed by atoms with E-state index in [2.05, 4.69) is 15.0 Å². The summed E-state index contributed by atoms with van der Waals surface area (Å²) < 4.78 is 41.3. The van der Waals surface area contributed by atoms with Crippen LogP contribution in [0.15, 0.2) is 42.6 Å². The molecule has 0 bridgehead atoms. The Morgan fingerprint density at radius 3 is 2.57 bits per heavy atom. The van der Waals surface area contributed by atoms with Gasteiger partial charge < -0.3 is 15.2 Å². The number of ether oxygens (including phenoxy) is 1. The molecule has 0 saturated heterocycles. The fourth-order valence-corrected chi connectivity index (χ4v) is 1.95. The van der Waals surface area contributed by atoms with Crippen molar-refractivity contribution in [2.75, 3.05) is 11.9 Å². The van der Waals surface area contributed by atoms with Gasteiger partial charge in [0.15, 0.2) is 0 Å². The molecule has 0 aliphatic heterocycles. The van der Waals surface area contributed by atoms with Gasteiger partial charge in [0.2, 0.25) is 0 Å². The van der Waals surface area contributed by atoms with Crippen LogP contribution in [0.4, 0.5) is 18.9 Å². The van der Waals surface area contributed by atoms with E-state index >= 15 is 0 Å². The van der Waals surface area contributed by atoms with Crippen molar-refractivity contribution in [1.82, 2.24) is 4.98 Å². The number of rotatable bonds is 5. The molecular weight excluding hydrogens is 311 g/mol. The molecule has 1 aromatic heterocycles. The van der Waals surface area contributed by atoms with Gasteiger partial charge in [-0.25, -0.2) is 4.98 Å². The largest absolute Gasteiger partial charge is 0.573 e. The van der Waals surface area contributed by atoms with Gasteiger partial charge >= 0.3 is 6.36 Å². The number of hydrogen-bond acceptors (Lipinski definition) is 5. The van der Waals surface area contributed by atoms with Crippen molar-refractivity contribution < 1.29 is 23.0 Å². The summed E-state index contributed by atoms with van der Waals surface area (Å²) in [5.74, 6) is -0.395. The van der Waals surface area contributed by atoms with Crippen LogP contribution in [0.3, 0.4) is 0 Å². The second-order valence-corrected chi connectivity index (χ2v) is 4.51. The maximum Gasteiger partial charge on any atom is 0.573 e. The number of aliphatic hydroxyl groups is 1. The molecule has 5 nitrogen and oxygen atoms in total. The number of para-hydroxylation sites is 1. The number of nitrogens with one attached hydrogen (secondary N) is 1. The molecule has 2 rings (SSSR count). The quantitative estimate of drug-likeness (QED) is 0.884. The third kappa shape index (κ3) is 4.59. The molecule has 1 aromatic carbocycles. The van der Waals surface area contributed by atoms with Gasteiger partial charge in [0.1, 0.15) is 17.5 Å². The molecule has 1 heterocycles. The van der Waals surface area contributed by atoms with Crippen molar-refractivity contribution in [1.29, 1.82) is 5.26 Å². The van der Waals surface area contributed by atoms with E-state index < -0.39 is 24.8 Å². The summed E-state index contributed by atoms with van der Waals surface area (Å²) in [6.07, 6.45) is -3.47. The van der Waals surface area contributed by atoms with Gasteiger partial charge in [-0.15, -0.1) is 13.2 Å². The number of nitriles is 1. The first-order valence-corrected chi connectivity index (χ1v) is 6.51. The van der Waals surface area contributed by atoms with Crippen LogP contribution in [-0.4, -0.2) is 23.1 Å². The maximum atomic E-state index is 12.5. The maximum absolute atomic E-state index is 12.5. The Hall–Kier alpha value is -2.79. The molecule has 0 fully saturated rings. The number of alkyl halides is 3. The van der Waals surface area contributed by atoms with Crippen LogP contribution in [0, 0.1) is 11.3 Å². The molecule has 0 saturated carbocycles. The van der Waals surface area contributed by atoms with Crippen LogP contribution in [-0.2, 0) is 0 Å². The first kappa shape index (κ1) is 16.6. The lowest BCUT2D eigenvalue weighted by Gasteiger charge is -2.21.